The molecule has 6 heteroatoms. The van der Waals surface area contributed by atoms with Gasteiger partial charge in [0.25, 0.3) is 0 Å². The molecule has 16 heavy (non-hydrogen) atoms. The molecular formula is C10H17F3N2O. The maximum absolute atomic E-state index is 12.2. The van der Waals surface area contributed by atoms with E-state index in [2.05, 4.69) is 10.1 Å². The molecule has 0 spiro atoms. The molecule has 3 nitrogen and oxygen atoms in total. The van der Waals surface area contributed by atoms with Crippen LogP contribution in [0, 0.1) is 0 Å². The van der Waals surface area contributed by atoms with Crippen molar-refractivity contribution in [2.24, 2.45) is 0 Å². The Labute approximate surface area is 92.9 Å². The van der Waals surface area contributed by atoms with Crippen molar-refractivity contribution in [1.29, 1.82) is 0 Å². The van der Waals surface area contributed by atoms with Crippen molar-refractivity contribution in [2.75, 3.05) is 19.6 Å². The highest BCUT2D eigenvalue weighted by Crippen LogP contribution is 2.28. The van der Waals surface area contributed by atoms with Gasteiger partial charge in [0.15, 0.2) is 0 Å². The van der Waals surface area contributed by atoms with Gasteiger partial charge in [0, 0.05) is 25.7 Å². The molecule has 1 saturated carbocycles. The fourth-order valence-electron chi connectivity index (χ4n) is 2.61. The zero-order valence-corrected chi connectivity index (χ0v) is 9.09. The molecule has 0 aromatic heterocycles. The summed E-state index contributed by atoms with van der Waals surface area (Å²) in [5.74, 6) is 0. The van der Waals surface area contributed by atoms with Crippen LogP contribution in [0.15, 0.2) is 0 Å². The summed E-state index contributed by atoms with van der Waals surface area (Å²) in [7, 11) is 0. The number of ether oxygens (including phenoxy) is 1. The zero-order valence-electron chi connectivity index (χ0n) is 9.09. The molecule has 1 N–H and O–H groups in total. The van der Waals surface area contributed by atoms with Crippen LogP contribution in [0.4, 0.5) is 13.2 Å². The lowest BCUT2D eigenvalue weighted by Gasteiger charge is -2.39. The maximum Gasteiger partial charge on any atom is 0.524 e. The first-order valence-electron chi connectivity index (χ1n) is 5.77. The number of alkyl halides is 3. The van der Waals surface area contributed by atoms with E-state index in [-0.39, 0.29) is 12.6 Å². The summed E-state index contributed by atoms with van der Waals surface area (Å²) in [4.78, 5) is 1.87. The average Bonchev–Trinajstić information content (AvgIpc) is 2.69. The van der Waals surface area contributed by atoms with Gasteiger partial charge in [-0.15, -0.1) is 13.2 Å². The van der Waals surface area contributed by atoms with Crippen LogP contribution in [0.5, 0.6) is 0 Å². The van der Waals surface area contributed by atoms with Gasteiger partial charge < -0.3 is 5.32 Å². The van der Waals surface area contributed by atoms with Crippen LogP contribution < -0.4 is 5.32 Å². The molecular weight excluding hydrogens is 221 g/mol. The monoisotopic (exact) mass is 238 g/mol. The first kappa shape index (κ1) is 12.1. The number of nitrogens with one attached hydrogen (secondary N) is 1. The van der Waals surface area contributed by atoms with Crippen LogP contribution in [0.1, 0.15) is 25.7 Å². The highest BCUT2D eigenvalue weighted by molar-refractivity contribution is 4.83. The largest absolute Gasteiger partial charge is 0.524 e. The molecule has 1 heterocycles. The second-order valence-electron chi connectivity index (χ2n) is 4.40. The van der Waals surface area contributed by atoms with Crippen molar-refractivity contribution in [1.82, 2.24) is 10.2 Å². The van der Waals surface area contributed by atoms with E-state index >= 15 is 0 Å². The van der Waals surface area contributed by atoms with E-state index in [9.17, 15) is 13.2 Å². The predicted molar refractivity (Wildman–Crippen MR) is 52.8 cm³/mol. The molecule has 2 aliphatic rings. The van der Waals surface area contributed by atoms with Crippen molar-refractivity contribution >= 4 is 0 Å². The predicted octanol–water partition coefficient (Wildman–Crippen LogP) is 1.70. The van der Waals surface area contributed by atoms with E-state index < -0.39 is 12.6 Å². The van der Waals surface area contributed by atoms with Gasteiger partial charge in [-0.3, -0.25) is 9.64 Å². The molecule has 0 bridgehead atoms. The average molecular weight is 238 g/mol. The van der Waals surface area contributed by atoms with Gasteiger partial charge in [-0.05, 0) is 12.8 Å². The fourth-order valence-corrected chi connectivity index (χ4v) is 2.61. The summed E-state index contributed by atoms with van der Waals surface area (Å²) in [5, 5.41) is 2.94. The molecule has 0 aromatic rings. The van der Waals surface area contributed by atoms with Crippen LogP contribution in [-0.2, 0) is 4.74 Å². The first-order valence-corrected chi connectivity index (χ1v) is 5.77. The van der Waals surface area contributed by atoms with Gasteiger partial charge in [0.2, 0.25) is 0 Å². The quantitative estimate of drug-likeness (QED) is 0.792. The third kappa shape index (κ3) is 3.09. The highest BCUT2D eigenvalue weighted by atomic mass is 19.4. The Kier molecular flexibility index (Phi) is 3.71. The normalized spacial score (nSPS) is 29.8. The Hall–Kier alpha value is -0.330. The number of rotatable bonds is 2. The van der Waals surface area contributed by atoms with Gasteiger partial charge in [0.05, 0.1) is 0 Å². The van der Waals surface area contributed by atoms with E-state index in [1.807, 2.05) is 4.90 Å². The van der Waals surface area contributed by atoms with Crippen LogP contribution in [0.2, 0.25) is 0 Å². The van der Waals surface area contributed by atoms with E-state index in [0.29, 0.717) is 6.54 Å². The minimum atomic E-state index is -4.54. The van der Waals surface area contributed by atoms with Crippen molar-refractivity contribution < 1.29 is 17.9 Å². The zero-order chi connectivity index (χ0) is 11.6. The lowest BCUT2D eigenvalue weighted by atomic mass is 10.2. The van der Waals surface area contributed by atoms with Crippen molar-refractivity contribution in [2.45, 2.75) is 44.3 Å². The van der Waals surface area contributed by atoms with Gasteiger partial charge in [-0.25, -0.2) is 0 Å². The van der Waals surface area contributed by atoms with E-state index in [4.69, 9.17) is 0 Å². The first-order chi connectivity index (χ1) is 7.56. The van der Waals surface area contributed by atoms with Crippen LogP contribution in [0.25, 0.3) is 0 Å². The molecule has 1 unspecified atom stereocenters. The van der Waals surface area contributed by atoms with E-state index in [0.717, 1.165) is 32.2 Å². The Balaban J connectivity index is 1.96. The third-order valence-electron chi connectivity index (χ3n) is 3.30. The van der Waals surface area contributed by atoms with Gasteiger partial charge >= 0.3 is 6.36 Å². The molecule has 0 radical (unpaired) electrons. The van der Waals surface area contributed by atoms with Crippen molar-refractivity contribution in [3.05, 3.63) is 0 Å². The lowest BCUT2D eigenvalue weighted by Crippen LogP contribution is -2.56. The molecule has 1 aliphatic heterocycles. The van der Waals surface area contributed by atoms with Crippen LogP contribution in [-0.4, -0.2) is 43.2 Å². The molecule has 94 valence electrons. The molecule has 2 rings (SSSR count). The topological polar surface area (TPSA) is 24.5 Å². The van der Waals surface area contributed by atoms with E-state index in [1.54, 1.807) is 0 Å². The Morgan fingerprint density at radius 1 is 1.19 bits per heavy atom. The third-order valence-corrected chi connectivity index (χ3v) is 3.30. The van der Waals surface area contributed by atoms with Crippen molar-refractivity contribution in [3.8, 4) is 0 Å². The van der Waals surface area contributed by atoms with Crippen LogP contribution in [0.3, 0.4) is 0 Å². The molecule has 1 saturated heterocycles. The number of nitrogens with zero attached hydrogens (tertiary/aromatic N) is 1. The van der Waals surface area contributed by atoms with E-state index in [1.165, 1.54) is 0 Å². The summed E-state index contributed by atoms with van der Waals surface area (Å²) in [5.41, 5.74) is 0. The number of hydrogen-bond donors (Lipinski definition) is 1. The molecule has 0 aromatic carbocycles. The molecule has 2 fully saturated rings. The summed E-state index contributed by atoms with van der Waals surface area (Å²) >= 11 is 0. The summed E-state index contributed by atoms with van der Waals surface area (Å²) in [6, 6.07) is 0.273. The fraction of sp³-hybridized carbons (Fsp3) is 1.00. The van der Waals surface area contributed by atoms with Crippen LogP contribution >= 0.6 is 0 Å². The number of piperazine rings is 1. The van der Waals surface area contributed by atoms with Gasteiger partial charge in [-0.2, -0.15) is 0 Å². The smallest absolute Gasteiger partial charge is 0.312 e. The minimum absolute atomic E-state index is 0.260. The molecule has 1 aliphatic carbocycles. The maximum atomic E-state index is 12.2. The summed E-state index contributed by atoms with van der Waals surface area (Å²) < 4.78 is 40.8. The summed E-state index contributed by atoms with van der Waals surface area (Å²) in [6.45, 7) is 1.65. The lowest BCUT2D eigenvalue weighted by molar-refractivity contribution is -0.363. The highest BCUT2D eigenvalue weighted by Gasteiger charge is 2.39. The minimum Gasteiger partial charge on any atom is -0.312 e. The molecule has 0 amide bonds. The van der Waals surface area contributed by atoms with Crippen molar-refractivity contribution in [3.63, 3.8) is 0 Å². The molecule has 1 atom stereocenters. The standard InChI is InChI=1S/C10H17F3N2O/c11-10(12,13)16-9-7-14-5-6-15(9)8-3-1-2-4-8/h8-9,14H,1-7H2. The second-order valence-corrected chi connectivity index (χ2v) is 4.40. The number of halogens is 3. The number of hydrogen-bond acceptors (Lipinski definition) is 3. The van der Waals surface area contributed by atoms with Gasteiger partial charge in [0.1, 0.15) is 6.23 Å². The SMILES string of the molecule is FC(F)(F)OC1CNCCN1C1CCCC1. The second kappa shape index (κ2) is 4.89. The Morgan fingerprint density at radius 3 is 2.50 bits per heavy atom. The van der Waals surface area contributed by atoms with Gasteiger partial charge in [-0.1, -0.05) is 12.8 Å². The Morgan fingerprint density at radius 2 is 1.88 bits per heavy atom. The summed E-state index contributed by atoms with van der Waals surface area (Å²) in [6.07, 6.45) is -1.16. The Bertz CT molecular complexity index is 229.